The highest BCUT2D eigenvalue weighted by atomic mass is 19.4. The number of ether oxygens (including phenoxy) is 1. The molecule has 3 nitrogen and oxygen atoms in total. The van der Waals surface area contributed by atoms with Gasteiger partial charge in [-0.3, -0.25) is 4.79 Å². The Morgan fingerprint density at radius 2 is 2.20 bits per heavy atom. The normalized spacial score (nSPS) is 31.9. The van der Waals surface area contributed by atoms with Crippen molar-refractivity contribution in [3.05, 3.63) is 0 Å². The van der Waals surface area contributed by atoms with Crippen molar-refractivity contribution in [3.8, 4) is 0 Å². The van der Waals surface area contributed by atoms with Crippen LogP contribution in [0.4, 0.5) is 13.2 Å². The van der Waals surface area contributed by atoms with Crippen molar-refractivity contribution in [2.45, 2.75) is 32.0 Å². The minimum atomic E-state index is -4.30. The molecule has 15 heavy (non-hydrogen) atoms. The van der Waals surface area contributed by atoms with Crippen molar-refractivity contribution in [2.75, 3.05) is 13.2 Å². The van der Waals surface area contributed by atoms with Crippen LogP contribution in [0.5, 0.6) is 0 Å². The zero-order valence-corrected chi connectivity index (χ0v) is 8.43. The first kappa shape index (κ1) is 12.4. The van der Waals surface area contributed by atoms with Crippen LogP contribution in [0, 0.1) is 5.41 Å². The van der Waals surface area contributed by atoms with Crippen molar-refractivity contribution in [3.63, 3.8) is 0 Å². The predicted octanol–water partition coefficient (Wildman–Crippen LogP) is 1.26. The predicted molar refractivity (Wildman–Crippen MR) is 47.2 cm³/mol. The van der Waals surface area contributed by atoms with Gasteiger partial charge < -0.3 is 10.5 Å². The third kappa shape index (κ3) is 2.92. The van der Waals surface area contributed by atoms with Gasteiger partial charge in [0.05, 0.1) is 25.0 Å². The minimum Gasteiger partial charge on any atom is -0.379 e. The molecule has 0 spiro atoms. The largest absolute Gasteiger partial charge is 0.389 e. The number of rotatable bonds is 3. The summed E-state index contributed by atoms with van der Waals surface area (Å²) in [5.74, 6) is -0.468. The maximum Gasteiger partial charge on any atom is 0.389 e. The molecule has 2 atom stereocenters. The van der Waals surface area contributed by atoms with E-state index in [0.29, 0.717) is 0 Å². The molecule has 1 aliphatic rings. The van der Waals surface area contributed by atoms with E-state index in [1.165, 1.54) is 0 Å². The van der Waals surface area contributed by atoms with Crippen molar-refractivity contribution in [2.24, 2.45) is 11.1 Å². The lowest BCUT2D eigenvalue weighted by Gasteiger charge is -2.25. The molecule has 1 saturated heterocycles. The first-order valence-electron chi connectivity index (χ1n) is 4.69. The SMILES string of the molecule is CC1(C(=O)CCC(F)(F)F)COCC1N. The molecule has 2 unspecified atom stereocenters. The number of hydrogen-bond acceptors (Lipinski definition) is 3. The van der Waals surface area contributed by atoms with Gasteiger partial charge in [0, 0.05) is 12.5 Å². The molecule has 0 radical (unpaired) electrons. The van der Waals surface area contributed by atoms with Gasteiger partial charge in [-0.05, 0) is 6.92 Å². The average molecular weight is 225 g/mol. The van der Waals surface area contributed by atoms with Crippen LogP contribution in [0.1, 0.15) is 19.8 Å². The standard InChI is InChI=1S/C9H14F3NO2/c1-8(5-15-4-6(8)13)7(14)2-3-9(10,11)12/h6H,2-5,13H2,1H3. The number of carbonyl (C=O) groups excluding carboxylic acids is 1. The Bertz CT molecular complexity index is 254. The molecule has 88 valence electrons. The zero-order chi connectivity index (χ0) is 11.7. The van der Waals surface area contributed by atoms with Gasteiger partial charge in [-0.1, -0.05) is 0 Å². The summed E-state index contributed by atoms with van der Waals surface area (Å²) in [6, 6.07) is -0.502. The highest BCUT2D eigenvalue weighted by Gasteiger charge is 2.44. The molecular formula is C9H14F3NO2. The highest BCUT2D eigenvalue weighted by Crippen LogP contribution is 2.32. The van der Waals surface area contributed by atoms with Crippen LogP contribution < -0.4 is 5.73 Å². The van der Waals surface area contributed by atoms with Gasteiger partial charge in [-0.2, -0.15) is 13.2 Å². The minimum absolute atomic E-state index is 0.116. The number of Topliss-reactive ketones (excluding diaryl/α,β-unsaturated/α-hetero) is 1. The van der Waals surface area contributed by atoms with Gasteiger partial charge in [0.1, 0.15) is 5.78 Å². The number of alkyl halides is 3. The summed E-state index contributed by atoms with van der Waals surface area (Å²) in [5, 5.41) is 0. The molecule has 1 heterocycles. The van der Waals surface area contributed by atoms with Crippen LogP contribution >= 0.6 is 0 Å². The quantitative estimate of drug-likeness (QED) is 0.786. The van der Waals surface area contributed by atoms with E-state index in [4.69, 9.17) is 10.5 Å². The van der Waals surface area contributed by atoms with Gasteiger partial charge in [0.25, 0.3) is 0 Å². The Balaban J connectivity index is 2.53. The number of hydrogen-bond donors (Lipinski definition) is 1. The fourth-order valence-corrected chi connectivity index (χ4v) is 1.52. The van der Waals surface area contributed by atoms with E-state index >= 15 is 0 Å². The first-order valence-corrected chi connectivity index (χ1v) is 4.69. The van der Waals surface area contributed by atoms with Crippen molar-refractivity contribution in [1.82, 2.24) is 0 Å². The van der Waals surface area contributed by atoms with E-state index in [9.17, 15) is 18.0 Å². The smallest absolute Gasteiger partial charge is 0.379 e. The molecule has 1 rings (SSSR count). The van der Waals surface area contributed by atoms with E-state index in [1.807, 2.05) is 0 Å². The second-order valence-electron chi connectivity index (χ2n) is 4.08. The summed E-state index contributed by atoms with van der Waals surface area (Å²) in [7, 11) is 0. The van der Waals surface area contributed by atoms with Crippen molar-refractivity contribution in [1.29, 1.82) is 0 Å². The van der Waals surface area contributed by atoms with Gasteiger partial charge >= 0.3 is 6.18 Å². The van der Waals surface area contributed by atoms with Crippen LogP contribution in [-0.2, 0) is 9.53 Å². The van der Waals surface area contributed by atoms with Gasteiger partial charge in [-0.25, -0.2) is 0 Å². The summed E-state index contributed by atoms with van der Waals surface area (Å²) in [6.07, 6.45) is -5.90. The molecule has 0 aromatic rings. The summed E-state index contributed by atoms with van der Waals surface area (Å²) in [5.41, 5.74) is 4.67. The zero-order valence-electron chi connectivity index (χ0n) is 8.43. The molecule has 0 aromatic carbocycles. The summed E-state index contributed by atoms with van der Waals surface area (Å²) >= 11 is 0. The van der Waals surface area contributed by atoms with Crippen LogP contribution in [-0.4, -0.2) is 31.2 Å². The average Bonchev–Trinajstić information content (AvgIpc) is 2.43. The Kier molecular flexibility index (Phi) is 3.40. The Hall–Kier alpha value is -0.620. The molecule has 0 amide bonds. The summed E-state index contributed by atoms with van der Waals surface area (Å²) in [6.45, 7) is 1.91. The van der Waals surface area contributed by atoms with E-state index in [-0.39, 0.29) is 13.2 Å². The third-order valence-corrected chi connectivity index (χ3v) is 2.79. The van der Waals surface area contributed by atoms with Crippen LogP contribution in [0.25, 0.3) is 0 Å². The summed E-state index contributed by atoms with van der Waals surface area (Å²) < 4.78 is 40.7. The molecule has 0 aromatic heterocycles. The Morgan fingerprint density at radius 3 is 2.60 bits per heavy atom. The molecule has 0 bridgehead atoms. The lowest BCUT2D eigenvalue weighted by atomic mass is 9.79. The maximum absolute atomic E-state index is 11.9. The van der Waals surface area contributed by atoms with E-state index in [2.05, 4.69) is 0 Å². The number of ketones is 1. The van der Waals surface area contributed by atoms with Gasteiger partial charge in [0.15, 0.2) is 0 Å². The number of nitrogens with two attached hydrogens (primary N) is 1. The summed E-state index contributed by atoms with van der Waals surface area (Å²) in [4.78, 5) is 11.6. The van der Waals surface area contributed by atoms with Crippen molar-refractivity contribution < 1.29 is 22.7 Å². The lowest BCUT2D eigenvalue weighted by molar-refractivity contribution is -0.147. The van der Waals surface area contributed by atoms with E-state index in [1.54, 1.807) is 6.92 Å². The Labute approximate surface area is 85.8 Å². The van der Waals surface area contributed by atoms with Gasteiger partial charge in [0.2, 0.25) is 0 Å². The second kappa shape index (κ2) is 4.09. The van der Waals surface area contributed by atoms with Crippen LogP contribution in [0.15, 0.2) is 0 Å². The monoisotopic (exact) mass is 225 g/mol. The Morgan fingerprint density at radius 1 is 1.60 bits per heavy atom. The van der Waals surface area contributed by atoms with E-state index < -0.39 is 36.3 Å². The fraction of sp³-hybridized carbons (Fsp3) is 0.889. The van der Waals surface area contributed by atoms with Gasteiger partial charge in [-0.15, -0.1) is 0 Å². The molecule has 0 aliphatic carbocycles. The number of halogens is 3. The first-order chi connectivity index (χ1) is 6.76. The molecule has 2 N–H and O–H groups in total. The fourth-order valence-electron chi connectivity index (χ4n) is 1.52. The second-order valence-corrected chi connectivity index (χ2v) is 4.08. The lowest BCUT2D eigenvalue weighted by Crippen LogP contribution is -2.44. The van der Waals surface area contributed by atoms with Crippen molar-refractivity contribution >= 4 is 5.78 Å². The number of carbonyl (C=O) groups is 1. The third-order valence-electron chi connectivity index (χ3n) is 2.79. The topological polar surface area (TPSA) is 52.3 Å². The molecule has 1 aliphatic heterocycles. The highest BCUT2D eigenvalue weighted by molar-refractivity contribution is 5.85. The van der Waals surface area contributed by atoms with E-state index in [0.717, 1.165) is 0 Å². The van der Waals surface area contributed by atoms with Crippen LogP contribution in [0.3, 0.4) is 0 Å². The van der Waals surface area contributed by atoms with Crippen LogP contribution in [0.2, 0.25) is 0 Å². The molecular weight excluding hydrogens is 211 g/mol. The molecule has 1 fully saturated rings. The molecule has 0 saturated carbocycles. The molecule has 6 heteroatoms. The maximum atomic E-state index is 11.9.